The van der Waals surface area contributed by atoms with Crippen molar-refractivity contribution in [2.24, 2.45) is 5.92 Å². The number of hydrogen-bond donors (Lipinski definition) is 5. The number of nitrogens with one attached hydrogen (secondary N) is 1. The average molecular weight is 510 g/mol. The van der Waals surface area contributed by atoms with Crippen molar-refractivity contribution in [3.8, 4) is 0 Å². The molecule has 0 aromatic rings. The minimum absolute atomic E-state index is 0.0395. The highest BCUT2D eigenvalue weighted by atomic mass is 16.6. The Balaban J connectivity index is 2.91. The van der Waals surface area contributed by atoms with E-state index in [4.69, 9.17) is 14.6 Å². The molecule has 0 aliphatic carbocycles. The van der Waals surface area contributed by atoms with Gasteiger partial charge in [-0.2, -0.15) is 0 Å². The zero-order valence-electron chi connectivity index (χ0n) is 21.7. The standard InChI is InChI=1S/C26H39NO9/c1-7-17(4)14-25(5,34)22(31)21(30)23(32)27-20(16(2)3)24(33)36-18(26(6)15-35-26)12-10-8-9-11-13-19(28)29/h7-13,16,18,20-22,30-31,34H,14-15H2,1-6H3,(H,27,32)(H,28,29)/b9-8-,12-10+,13-11+,17-7+/t18-,20?,21?,22?,25?,26+/m1/s1. The molecule has 0 spiro atoms. The molecule has 1 heterocycles. The lowest BCUT2D eigenvalue weighted by atomic mass is 9.87. The molecule has 1 fully saturated rings. The van der Waals surface area contributed by atoms with Gasteiger partial charge in [0.25, 0.3) is 5.91 Å². The molecule has 0 aromatic heterocycles. The molecular weight excluding hydrogens is 470 g/mol. The highest BCUT2D eigenvalue weighted by Gasteiger charge is 2.49. The van der Waals surface area contributed by atoms with Crippen molar-refractivity contribution in [2.75, 3.05) is 6.61 Å². The van der Waals surface area contributed by atoms with Gasteiger partial charge in [0, 0.05) is 6.08 Å². The quantitative estimate of drug-likeness (QED) is 0.0765. The molecule has 0 saturated carbocycles. The number of aliphatic carboxylic acids is 1. The van der Waals surface area contributed by atoms with Crippen LogP contribution in [0.3, 0.4) is 0 Å². The molecule has 10 heteroatoms. The van der Waals surface area contributed by atoms with Crippen molar-refractivity contribution in [1.82, 2.24) is 5.32 Å². The van der Waals surface area contributed by atoms with Gasteiger partial charge in [-0.3, -0.25) is 4.79 Å². The molecule has 0 bridgehead atoms. The number of epoxide rings is 1. The van der Waals surface area contributed by atoms with Crippen molar-refractivity contribution >= 4 is 17.8 Å². The molecule has 0 aromatic carbocycles. The van der Waals surface area contributed by atoms with E-state index in [0.717, 1.165) is 11.6 Å². The Morgan fingerprint density at radius 2 is 1.75 bits per heavy atom. The fourth-order valence-corrected chi connectivity index (χ4v) is 3.27. The number of esters is 1. The Morgan fingerprint density at radius 1 is 1.17 bits per heavy atom. The number of carboxylic acids is 1. The summed E-state index contributed by atoms with van der Waals surface area (Å²) in [6.07, 6.45) is 5.73. The molecule has 1 amide bonds. The van der Waals surface area contributed by atoms with Gasteiger partial charge < -0.3 is 35.2 Å². The fourth-order valence-electron chi connectivity index (χ4n) is 3.27. The third kappa shape index (κ3) is 9.69. The summed E-state index contributed by atoms with van der Waals surface area (Å²) in [5, 5.41) is 42.4. The molecule has 1 rings (SSSR count). The number of rotatable bonds is 14. The maximum Gasteiger partial charge on any atom is 0.329 e. The molecule has 4 unspecified atom stereocenters. The first-order chi connectivity index (χ1) is 16.6. The van der Waals surface area contributed by atoms with Crippen LogP contribution < -0.4 is 5.32 Å². The average Bonchev–Trinajstić information content (AvgIpc) is 3.54. The summed E-state index contributed by atoms with van der Waals surface area (Å²) < 4.78 is 11.0. The lowest BCUT2D eigenvalue weighted by Crippen LogP contribution is -2.56. The first-order valence-corrected chi connectivity index (χ1v) is 11.7. The highest BCUT2D eigenvalue weighted by molar-refractivity contribution is 5.87. The molecular formula is C26H39NO9. The van der Waals surface area contributed by atoms with Gasteiger partial charge in [0.1, 0.15) is 17.7 Å². The predicted molar refractivity (Wildman–Crippen MR) is 133 cm³/mol. The highest BCUT2D eigenvalue weighted by Crippen LogP contribution is 2.33. The van der Waals surface area contributed by atoms with Crippen LogP contribution in [-0.2, 0) is 23.9 Å². The van der Waals surface area contributed by atoms with E-state index in [1.54, 1.807) is 58.9 Å². The molecule has 10 nitrogen and oxygen atoms in total. The lowest BCUT2D eigenvalue weighted by Gasteiger charge is -2.33. The normalized spacial score (nSPS) is 23.4. The van der Waals surface area contributed by atoms with Gasteiger partial charge >= 0.3 is 11.9 Å². The van der Waals surface area contributed by atoms with Crippen LogP contribution in [0.2, 0.25) is 0 Å². The molecule has 1 aliphatic heterocycles. The van der Waals surface area contributed by atoms with Crippen molar-refractivity contribution in [2.45, 2.75) is 83.5 Å². The van der Waals surface area contributed by atoms with Gasteiger partial charge in [0.05, 0.1) is 12.2 Å². The minimum Gasteiger partial charge on any atom is -0.478 e. The number of amides is 1. The van der Waals surface area contributed by atoms with Crippen LogP contribution in [0.15, 0.2) is 48.1 Å². The van der Waals surface area contributed by atoms with Gasteiger partial charge in [-0.05, 0) is 46.1 Å². The maximum atomic E-state index is 13.0. The number of carbonyl (C=O) groups excluding carboxylic acids is 2. The zero-order valence-corrected chi connectivity index (χ0v) is 21.7. The number of ether oxygens (including phenoxy) is 2. The minimum atomic E-state index is -1.98. The van der Waals surface area contributed by atoms with E-state index in [9.17, 15) is 29.7 Å². The Labute approximate surface area is 212 Å². The summed E-state index contributed by atoms with van der Waals surface area (Å²) in [6, 6.07) is -1.14. The monoisotopic (exact) mass is 509 g/mol. The van der Waals surface area contributed by atoms with Crippen molar-refractivity contribution in [3.63, 3.8) is 0 Å². The van der Waals surface area contributed by atoms with E-state index in [0.29, 0.717) is 6.61 Å². The van der Waals surface area contributed by atoms with Crippen LogP contribution in [0.1, 0.15) is 48.0 Å². The molecule has 1 aliphatic rings. The molecule has 1 saturated heterocycles. The van der Waals surface area contributed by atoms with Crippen LogP contribution >= 0.6 is 0 Å². The van der Waals surface area contributed by atoms with Gasteiger partial charge in [0.2, 0.25) is 0 Å². The Bertz CT molecular complexity index is 897. The predicted octanol–water partition coefficient (Wildman–Crippen LogP) is 1.41. The summed E-state index contributed by atoms with van der Waals surface area (Å²) in [4.78, 5) is 36.1. The second-order valence-corrected chi connectivity index (χ2v) is 9.71. The Hall–Kier alpha value is -2.79. The molecule has 36 heavy (non-hydrogen) atoms. The van der Waals surface area contributed by atoms with E-state index in [-0.39, 0.29) is 6.42 Å². The smallest absolute Gasteiger partial charge is 0.329 e. The number of carboxylic acid groups (broad SMARTS) is 1. The van der Waals surface area contributed by atoms with E-state index in [1.807, 2.05) is 0 Å². The SMILES string of the molecule is C/C=C(\C)CC(C)(O)C(O)C(O)C(=O)NC(C(=O)O[C@H](/C=C/C=C\C=C\C(=O)O)[C@]1(C)CO1)C(C)C. The van der Waals surface area contributed by atoms with Crippen molar-refractivity contribution in [3.05, 3.63) is 48.1 Å². The van der Waals surface area contributed by atoms with Crippen LogP contribution in [0.25, 0.3) is 0 Å². The number of allylic oxidation sites excluding steroid dienone is 5. The second kappa shape index (κ2) is 13.5. The number of carbonyl (C=O) groups is 3. The van der Waals surface area contributed by atoms with Crippen LogP contribution in [0, 0.1) is 5.92 Å². The van der Waals surface area contributed by atoms with Crippen LogP contribution in [-0.4, -0.2) is 80.4 Å². The van der Waals surface area contributed by atoms with Gasteiger partial charge in [-0.1, -0.05) is 49.8 Å². The second-order valence-electron chi connectivity index (χ2n) is 9.71. The molecule has 0 radical (unpaired) electrons. The fraction of sp³-hybridized carbons (Fsp3) is 0.577. The lowest BCUT2D eigenvalue weighted by molar-refractivity contribution is -0.160. The Morgan fingerprint density at radius 3 is 2.25 bits per heavy atom. The molecule has 5 N–H and O–H groups in total. The summed E-state index contributed by atoms with van der Waals surface area (Å²) in [5.74, 6) is -3.29. The van der Waals surface area contributed by atoms with Crippen LogP contribution in [0.4, 0.5) is 0 Å². The zero-order chi connectivity index (χ0) is 27.7. The summed E-state index contributed by atoms with van der Waals surface area (Å²) in [5.41, 5.74) is -1.76. The van der Waals surface area contributed by atoms with E-state index >= 15 is 0 Å². The van der Waals surface area contributed by atoms with E-state index in [2.05, 4.69) is 5.32 Å². The number of aliphatic hydroxyl groups excluding tert-OH is 2. The van der Waals surface area contributed by atoms with Gasteiger partial charge in [-0.25, -0.2) is 9.59 Å². The van der Waals surface area contributed by atoms with Gasteiger partial charge in [0.15, 0.2) is 12.2 Å². The topological polar surface area (TPSA) is 166 Å². The first-order valence-electron chi connectivity index (χ1n) is 11.7. The van der Waals surface area contributed by atoms with Crippen molar-refractivity contribution in [1.29, 1.82) is 0 Å². The Kier molecular flexibility index (Phi) is 11.7. The van der Waals surface area contributed by atoms with Crippen molar-refractivity contribution < 1.29 is 44.3 Å². The van der Waals surface area contributed by atoms with E-state index in [1.165, 1.54) is 19.1 Å². The van der Waals surface area contributed by atoms with Crippen LogP contribution in [0.5, 0.6) is 0 Å². The van der Waals surface area contributed by atoms with E-state index < -0.39 is 59.3 Å². The third-order valence-electron chi connectivity index (χ3n) is 5.86. The number of hydrogen-bond acceptors (Lipinski definition) is 8. The molecule has 202 valence electrons. The largest absolute Gasteiger partial charge is 0.478 e. The number of aliphatic hydroxyl groups is 3. The summed E-state index contributed by atoms with van der Waals surface area (Å²) in [6.45, 7) is 10.3. The third-order valence-corrected chi connectivity index (χ3v) is 5.86. The molecule has 6 atom stereocenters. The van der Waals surface area contributed by atoms with Gasteiger partial charge in [-0.15, -0.1) is 0 Å². The first kappa shape index (κ1) is 31.2. The maximum absolute atomic E-state index is 13.0. The summed E-state index contributed by atoms with van der Waals surface area (Å²) in [7, 11) is 0. The summed E-state index contributed by atoms with van der Waals surface area (Å²) >= 11 is 0.